The van der Waals surface area contributed by atoms with Crippen molar-refractivity contribution in [2.45, 2.75) is 65.1 Å². The largest absolute Gasteiger partial charge is 0.412 e. The van der Waals surface area contributed by atoms with Crippen LogP contribution in [0.15, 0.2) is 11.6 Å². The highest BCUT2D eigenvalue weighted by Gasteiger charge is 2.44. The van der Waals surface area contributed by atoms with Gasteiger partial charge in [-0.3, -0.25) is 0 Å². The second kappa shape index (κ2) is 7.75. The molecular formula is C14H29BrOSi. The zero-order chi connectivity index (χ0) is 13.6. The molecule has 0 aromatic carbocycles. The first-order valence-electron chi connectivity index (χ1n) is 6.66. The van der Waals surface area contributed by atoms with Gasteiger partial charge in [-0.1, -0.05) is 63.5 Å². The van der Waals surface area contributed by atoms with Crippen molar-refractivity contribution >= 4 is 24.2 Å². The van der Waals surface area contributed by atoms with Gasteiger partial charge in [-0.25, -0.2) is 0 Å². The average molecular weight is 321 g/mol. The van der Waals surface area contributed by atoms with E-state index in [4.69, 9.17) is 4.43 Å². The number of rotatable bonds is 7. The summed E-state index contributed by atoms with van der Waals surface area (Å²) in [5.41, 5.74) is 3.34. The fraction of sp³-hybridized carbons (Fsp3) is 0.857. The highest BCUT2D eigenvalue weighted by atomic mass is 79.9. The molecule has 0 amide bonds. The molecule has 0 aliphatic carbocycles. The zero-order valence-electron chi connectivity index (χ0n) is 12.5. The van der Waals surface area contributed by atoms with Crippen LogP contribution in [0.1, 0.15) is 48.5 Å². The third kappa shape index (κ3) is 4.21. The monoisotopic (exact) mass is 320 g/mol. The van der Waals surface area contributed by atoms with E-state index in [-0.39, 0.29) is 0 Å². The summed E-state index contributed by atoms with van der Waals surface area (Å²) in [5.74, 6) is 0. The van der Waals surface area contributed by atoms with Crippen LogP contribution in [-0.4, -0.2) is 20.3 Å². The Morgan fingerprint density at radius 3 is 1.71 bits per heavy atom. The minimum atomic E-state index is -1.68. The Labute approximate surface area is 117 Å². The standard InChI is InChI=1S/C14H29BrOSi/c1-8-14(9-15)10-16-17(11(2)3,12(4)5)13(6)7/h8,11-13H,9-10H2,1-7H3/b14-8+. The van der Waals surface area contributed by atoms with Crippen molar-refractivity contribution in [3.8, 4) is 0 Å². The molecule has 0 aliphatic rings. The van der Waals surface area contributed by atoms with Gasteiger partial charge in [-0.05, 0) is 29.1 Å². The Hall–Kier alpha value is 0.397. The lowest BCUT2D eigenvalue weighted by atomic mass is 10.3. The maximum Gasteiger partial charge on any atom is 0.200 e. The van der Waals surface area contributed by atoms with Gasteiger partial charge in [-0.15, -0.1) is 0 Å². The molecule has 17 heavy (non-hydrogen) atoms. The number of alkyl halides is 1. The molecule has 0 saturated heterocycles. The van der Waals surface area contributed by atoms with Gasteiger partial charge in [0.1, 0.15) is 0 Å². The molecule has 102 valence electrons. The topological polar surface area (TPSA) is 9.23 Å². The maximum absolute atomic E-state index is 6.50. The number of hydrogen-bond donors (Lipinski definition) is 0. The molecule has 0 unspecified atom stereocenters. The van der Waals surface area contributed by atoms with E-state index in [1.54, 1.807) is 0 Å². The lowest BCUT2D eigenvalue weighted by Crippen LogP contribution is -2.48. The summed E-state index contributed by atoms with van der Waals surface area (Å²) in [6, 6.07) is 0. The highest BCUT2D eigenvalue weighted by Crippen LogP contribution is 2.42. The normalized spacial score (nSPS) is 14.2. The Kier molecular flexibility index (Phi) is 7.93. The summed E-state index contributed by atoms with van der Waals surface area (Å²) in [7, 11) is -1.68. The van der Waals surface area contributed by atoms with E-state index in [0.717, 1.165) is 11.9 Å². The number of hydrogen-bond acceptors (Lipinski definition) is 1. The first kappa shape index (κ1) is 17.4. The summed E-state index contributed by atoms with van der Waals surface area (Å²) in [4.78, 5) is 0. The molecular weight excluding hydrogens is 292 g/mol. The quantitative estimate of drug-likeness (QED) is 0.341. The van der Waals surface area contributed by atoms with Crippen LogP contribution in [0.4, 0.5) is 0 Å². The van der Waals surface area contributed by atoms with E-state index in [0.29, 0.717) is 16.6 Å². The van der Waals surface area contributed by atoms with Crippen molar-refractivity contribution in [3.05, 3.63) is 11.6 Å². The van der Waals surface area contributed by atoms with Gasteiger partial charge < -0.3 is 4.43 Å². The van der Waals surface area contributed by atoms with Crippen LogP contribution in [0.3, 0.4) is 0 Å². The van der Waals surface area contributed by atoms with Gasteiger partial charge in [0, 0.05) is 5.33 Å². The molecule has 0 bridgehead atoms. The van der Waals surface area contributed by atoms with Gasteiger partial charge in [0.05, 0.1) is 6.61 Å². The van der Waals surface area contributed by atoms with Gasteiger partial charge in [-0.2, -0.15) is 0 Å². The smallest absolute Gasteiger partial charge is 0.200 e. The van der Waals surface area contributed by atoms with E-state index in [9.17, 15) is 0 Å². The molecule has 0 heterocycles. The molecule has 1 nitrogen and oxygen atoms in total. The van der Waals surface area contributed by atoms with Crippen molar-refractivity contribution < 1.29 is 4.43 Å². The van der Waals surface area contributed by atoms with E-state index in [2.05, 4.69) is 70.5 Å². The van der Waals surface area contributed by atoms with E-state index >= 15 is 0 Å². The predicted octanol–water partition coefficient (Wildman–Crippen LogP) is 5.52. The molecule has 0 rings (SSSR count). The molecule has 0 atom stereocenters. The Balaban J connectivity index is 4.94. The van der Waals surface area contributed by atoms with Crippen LogP contribution in [0, 0.1) is 0 Å². The summed E-state index contributed by atoms with van der Waals surface area (Å²) < 4.78 is 6.50. The number of allylic oxidation sites excluding steroid dienone is 1. The second-order valence-corrected chi connectivity index (χ2v) is 11.7. The first-order valence-corrected chi connectivity index (χ1v) is 9.93. The average Bonchev–Trinajstić information content (AvgIpc) is 2.23. The van der Waals surface area contributed by atoms with Gasteiger partial charge >= 0.3 is 0 Å². The minimum absolute atomic E-state index is 0.663. The lowest BCUT2D eigenvalue weighted by Gasteiger charge is -2.42. The lowest BCUT2D eigenvalue weighted by molar-refractivity contribution is 0.307. The van der Waals surface area contributed by atoms with E-state index in [1.807, 2.05) is 0 Å². The Bertz CT molecular complexity index is 225. The fourth-order valence-electron chi connectivity index (χ4n) is 2.92. The summed E-state index contributed by atoms with van der Waals surface area (Å²) in [6.45, 7) is 16.9. The molecule has 0 radical (unpaired) electrons. The second-order valence-electron chi connectivity index (χ2n) is 5.69. The molecule has 0 aromatic rings. The van der Waals surface area contributed by atoms with Gasteiger partial charge in [0.15, 0.2) is 0 Å². The molecule has 3 heteroatoms. The van der Waals surface area contributed by atoms with Crippen LogP contribution in [0.2, 0.25) is 16.6 Å². The molecule has 0 spiro atoms. The van der Waals surface area contributed by atoms with Crippen molar-refractivity contribution in [1.29, 1.82) is 0 Å². The fourth-order valence-corrected chi connectivity index (χ4v) is 8.84. The van der Waals surface area contributed by atoms with Crippen molar-refractivity contribution in [2.24, 2.45) is 0 Å². The van der Waals surface area contributed by atoms with E-state index in [1.165, 1.54) is 5.57 Å². The molecule has 0 aliphatic heterocycles. The number of halogens is 1. The molecule has 0 aromatic heterocycles. The van der Waals surface area contributed by atoms with Crippen molar-refractivity contribution in [3.63, 3.8) is 0 Å². The minimum Gasteiger partial charge on any atom is -0.412 e. The molecule has 0 fully saturated rings. The highest BCUT2D eigenvalue weighted by molar-refractivity contribution is 9.09. The predicted molar refractivity (Wildman–Crippen MR) is 84.6 cm³/mol. The van der Waals surface area contributed by atoms with Crippen molar-refractivity contribution in [1.82, 2.24) is 0 Å². The van der Waals surface area contributed by atoms with Gasteiger partial charge in [0.25, 0.3) is 0 Å². The summed E-state index contributed by atoms with van der Waals surface area (Å²) in [6.07, 6.45) is 2.16. The Morgan fingerprint density at radius 1 is 1.06 bits per heavy atom. The summed E-state index contributed by atoms with van der Waals surface area (Å²) in [5, 5.41) is 0.919. The third-order valence-corrected chi connectivity index (χ3v) is 10.6. The third-order valence-electron chi connectivity index (χ3n) is 3.79. The van der Waals surface area contributed by atoms with Gasteiger partial charge in [0.2, 0.25) is 8.32 Å². The molecule has 0 N–H and O–H groups in total. The van der Waals surface area contributed by atoms with Crippen molar-refractivity contribution in [2.75, 3.05) is 11.9 Å². The van der Waals surface area contributed by atoms with Crippen LogP contribution < -0.4 is 0 Å². The van der Waals surface area contributed by atoms with Crippen LogP contribution in [-0.2, 0) is 4.43 Å². The zero-order valence-corrected chi connectivity index (χ0v) is 15.1. The first-order chi connectivity index (χ1) is 7.82. The van der Waals surface area contributed by atoms with E-state index < -0.39 is 8.32 Å². The van der Waals surface area contributed by atoms with Crippen LogP contribution in [0.25, 0.3) is 0 Å². The molecule has 0 saturated carbocycles. The Morgan fingerprint density at radius 2 is 1.47 bits per heavy atom. The van der Waals surface area contributed by atoms with Crippen LogP contribution in [0.5, 0.6) is 0 Å². The summed E-state index contributed by atoms with van der Waals surface area (Å²) >= 11 is 3.52. The SMILES string of the molecule is C/C=C(\CBr)CO[Si](C(C)C)(C(C)C)C(C)C. The van der Waals surface area contributed by atoms with Crippen LogP contribution >= 0.6 is 15.9 Å². The maximum atomic E-state index is 6.50.